The van der Waals surface area contributed by atoms with E-state index in [0.717, 1.165) is 24.0 Å². The van der Waals surface area contributed by atoms with Crippen molar-refractivity contribution in [3.05, 3.63) is 30.6 Å². The van der Waals surface area contributed by atoms with Crippen LogP contribution in [0.15, 0.2) is 30.6 Å². The number of nitrogens with zero attached hydrogens (tertiary/aromatic N) is 4. The molecule has 9 heteroatoms. The number of hydrogen-bond acceptors (Lipinski definition) is 4. The van der Waals surface area contributed by atoms with Crippen LogP contribution in [-0.2, 0) is 9.53 Å². The monoisotopic (exact) mass is 430 g/mol. The average molecular weight is 430 g/mol. The summed E-state index contributed by atoms with van der Waals surface area (Å²) in [6, 6.07) is 5.73. The SMILES string of the molecule is CC(=O)N1c2ccc(-c3cnn(C4CC4)c3)cc2N(C(=O)OC2CC(F)(F)C2)CC1C. The summed E-state index contributed by atoms with van der Waals surface area (Å²) in [4.78, 5) is 28.3. The van der Waals surface area contributed by atoms with Crippen molar-refractivity contribution < 1.29 is 23.1 Å². The van der Waals surface area contributed by atoms with Gasteiger partial charge in [0, 0.05) is 38.1 Å². The molecule has 1 unspecified atom stereocenters. The number of ether oxygens (including phenoxy) is 1. The van der Waals surface area contributed by atoms with Crippen molar-refractivity contribution in [1.82, 2.24) is 9.78 Å². The van der Waals surface area contributed by atoms with E-state index in [9.17, 15) is 18.4 Å². The molecule has 31 heavy (non-hydrogen) atoms. The standard InChI is InChI=1S/C22H24F2N4O3/c1-13-11-26(21(30)31-18-8-22(23,24)9-18)20-7-15(3-6-19(20)28(13)14(2)29)16-10-25-27(12-16)17-4-5-17/h3,6-7,10,12-13,17-18H,4-5,8-9,11H2,1-2H3. The van der Waals surface area contributed by atoms with Crippen molar-refractivity contribution in [3.8, 4) is 11.1 Å². The molecule has 1 aliphatic heterocycles. The molecule has 0 spiro atoms. The number of hydrogen-bond donors (Lipinski definition) is 0. The number of amides is 2. The van der Waals surface area contributed by atoms with Crippen LogP contribution in [-0.4, -0.2) is 46.4 Å². The summed E-state index contributed by atoms with van der Waals surface area (Å²) in [7, 11) is 0. The predicted octanol–water partition coefficient (Wildman–Crippen LogP) is 4.38. The number of halogens is 2. The largest absolute Gasteiger partial charge is 0.445 e. The molecule has 1 atom stereocenters. The topological polar surface area (TPSA) is 67.7 Å². The fourth-order valence-corrected chi connectivity index (χ4v) is 4.38. The molecule has 0 radical (unpaired) electrons. The Hall–Kier alpha value is -2.97. The van der Waals surface area contributed by atoms with Crippen molar-refractivity contribution in [1.29, 1.82) is 0 Å². The van der Waals surface area contributed by atoms with Gasteiger partial charge in [-0.1, -0.05) is 6.07 Å². The molecule has 2 fully saturated rings. The third-order valence-corrected chi connectivity index (χ3v) is 6.15. The molecule has 0 N–H and O–H groups in total. The van der Waals surface area contributed by atoms with Crippen molar-refractivity contribution >= 4 is 23.4 Å². The number of aromatic nitrogens is 2. The van der Waals surface area contributed by atoms with Crippen LogP contribution in [0.1, 0.15) is 45.6 Å². The maximum Gasteiger partial charge on any atom is 0.414 e. The fraction of sp³-hybridized carbons (Fsp3) is 0.500. The van der Waals surface area contributed by atoms with E-state index in [4.69, 9.17) is 4.74 Å². The second-order valence-corrected chi connectivity index (χ2v) is 8.76. The number of anilines is 2. The van der Waals surface area contributed by atoms with Gasteiger partial charge in [0.05, 0.1) is 29.7 Å². The summed E-state index contributed by atoms with van der Waals surface area (Å²) < 4.78 is 33.6. The van der Waals surface area contributed by atoms with Gasteiger partial charge >= 0.3 is 6.09 Å². The smallest absolute Gasteiger partial charge is 0.414 e. The van der Waals surface area contributed by atoms with E-state index in [1.807, 2.05) is 36.0 Å². The van der Waals surface area contributed by atoms with Gasteiger partial charge in [-0.05, 0) is 37.5 Å². The van der Waals surface area contributed by atoms with Crippen LogP contribution in [0.4, 0.5) is 25.0 Å². The van der Waals surface area contributed by atoms with Crippen LogP contribution in [0, 0.1) is 0 Å². The highest BCUT2D eigenvalue weighted by atomic mass is 19.3. The van der Waals surface area contributed by atoms with E-state index in [1.54, 1.807) is 11.1 Å². The van der Waals surface area contributed by atoms with E-state index < -0.39 is 31.0 Å². The lowest BCUT2D eigenvalue weighted by molar-refractivity contribution is -0.143. The van der Waals surface area contributed by atoms with Crippen LogP contribution < -0.4 is 9.80 Å². The van der Waals surface area contributed by atoms with E-state index in [2.05, 4.69) is 5.10 Å². The summed E-state index contributed by atoms with van der Waals surface area (Å²) in [5, 5.41) is 4.42. The van der Waals surface area contributed by atoms with Crippen LogP contribution in [0.3, 0.4) is 0 Å². The van der Waals surface area contributed by atoms with Crippen LogP contribution in [0.25, 0.3) is 11.1 Å². The summed E-state index contributed by atoms with van der Waals surface area (Å²) in [6.07, 6.45) is 3.66. The average Bonchev–Trinajstić information content (AvgIpc) is 3.42. The number of benzene rings is 1. The molecule has 0 saturated heterocycles. The van der Waals surface area contributed by atoms with Gasteiger partial charge in [0.25, 0.3) is 5.92 Å². The lowest BCUT2D eigenvalue weighted by atomic mass is 9.91. The maximum atomic E-state index is 13.2. The Morgan fingerprint density at radius 2 is 1.90 bits per heavy atom. The first-order chi connectivity index (χ1) is 14.7. The Morgan fingerprint density at radius 1 is 1.16 bits per heavy atom. The van der Waals surface area contributed by atoms with Gasteiger partial charge in [-0.3, -0.25) is 14.4 Å². The van der Waals surface area contributed by atoms with Crippen molar-refractivity contribution in [2.45, 2.75) is 63.6 Å². The predicted molar refractivity (Wildman–Crippen MR) is 110 cm³/mol. The summed E-state index contributed by atoms with van der Waals surface area (Å²) in [6.45, 7) is 3.55. The maximum absolute atomic E-state index is 13.2. The second kappa shape index (κ2) is 7.03. The van der Waals surface area contributed by atoms with Gasteiger partial charge in [-0.2, -0.15) is 5.10 Å². The van der Waals surface area contributed by atoms with E-state index in [0.29, 0.717) is 17.4 Å². The Bertz CT molecular complexity index is 1040. The highest BCUT2D eigenvalue weighted by molar-refractivity contribution is 6.03. The first-order valence-electron chi connectivity index (χ1n) is 10.6. The number of rotatable bonds is 3. The van der Waals surface area contributed by atoms with Crippen molar-refractivity contribution in [2.75, 3.05) is 16.3 Å². The molecule has 7 nitrogen and oxygen atoms in total. The highest BCUT2D eigenvalue weighted by Gasteiger charge is 2.48. The van der Waals surface area contributed by atoms with Gasteiger partial charge in [0.2, 0.25) is 5.91 Å². The molecule has 2 saturated carbocycles. The third kappa shape index (κ3) is 3.66. The molecule has 2 heterocycles. The third-order valence-electron chi connectivity index (χ3n) is 6.15. The molecular weight excluding hydrogens is 406 g/mol. The number of fused-ring (bicyclic) bond motifs is 1. The lowest BCUT2D eigenvalue weighted by Crippen LogP contribution is -2.53. The first kappa shape index (κ1) is 20.0. The molecule has 2 amide bonds. The van der Waals surface area contributed by atoms with E-state index in [1.165, 1.54) is 11.8 Å². The number of alkyl halides is 2. The van der Waals surface area contributed by atoms with Gasteiger partial charge in [-0.15, -0.1) is 0 Å². The number of carbonyl (C=O) groups is 2. The molecule has 2 aromatic rings. The quantitative estimate of drug-likeness (QED) is 0.725. The molecule has 1 aromatic heterocycles. The van der Waals surface area contributed by atoms with E-state index in [-0.39, 0.29) is 18.5 Å². The Labute approximate surface area is 178 Å². The Morgan fingerprint density at radius 3 is 2.55 bits per heavy atom. The highest BCUT2D eigenvalue weighted by Crippen LogP contribution is 2.42. The zero-order valence-electron chi connectivity index (χ0n) is 17.4. The molecular formula is C22H24F2N4O3. The summed E-state index contributed by atoms with van der Waals surface area (Å²) in [5.41, 5.74) is 2.90. The number of carbonyl (C=O) groups excluding carboxylic acids is 2. The minimum Gasteiger partial charge on any atom is -0.445 e. The first-order valence-corrected chi connectivity index (χ1v) is 10.6. The molecule has 2 aliphatic carbocycles. The molecule has 3 aliphatic rings. The van der Waals surface area contributed by atoms with Crippen LogP contribution >= 0.6 is 0 Å². The summed E-state index contributed by atoms with van der Waals surface area (Å²) >= 11 is 0. The lowest BCUT2D eigenvalue weighted by Gasteiger charge is -2.42. The minimum atomic E-state index is -2.77. The van der Waals surface area contributed by atoms with E-state index >= 15 is 0 Å². The van der Waals surface area contributed by atoms with Crippen molar-refractivity contribution in [3.63, 3.8) is 0 Å². The van der Waals surface area contributed by atoms with Crippen LogP contribution in [0.2, 0.25) is 0 Å². The molecule has 5 rings (SSSR count). The minimum absolute atomic E-state index is 0.130. The Kier molecular flexibility index (Phi) is 4.53. The fourth-order valence-electron chi connectivity index (χ4n) is 4.38. The summed E-state index contributed by atoms with van der Waals surface area (Å²) in [5.74, 6) is -2.90. The van der Waals surface area contributed by atoms with Crippen LogP contribution in [0.5, 0.6) is 0 Å². The second-order valence-electron chi connectivity index (χ2n) is 8.76. The molecule has 0 bridgehead atoms. The van der Waals surface area contributed by atoms with Gasteiger partial charge in [0.1, 0.15) is 6.10 Å². The normalized spacial score (nSPS) is 22.6. The molecule has 164 valence electrons. The van der Waals surface area contributed by atoms with Gasteiger partial charge in [0.15, 0.2) is 0 Å². The Balaban J connectivity index is 1.47. The zero-order chi connectivity index (χ0) is 21.9. The molecule has 1 aromatic carbocycles. The van der Waals surface area contributed by atoms with Gasteiger partial charge < -0.3 is 9.64 Å². The van der Waals surface area contributed by atoms with Gasteiger partial charge in [-0.25, -0.2) is 13.6 Å². The van der Waals surface area contributed by atoms with Crippen molar-refractivity contribution in [2.24, 2.45) is 0 Å². The zero-order valence-corrected chi connectivity index (χ0v) is 17.4.